The maximum atomic E-state index is 11.7. The first-order valence-corrected chi connectivity index (χ1v) is 10.2. The molecule has 1 aliphatic carbocycles. The molecule has 2 aromatic carbocycles. The van der Waals surface area contributed by atoms with Gasteiger partial charge in [-0.15, -0.1) is 0 Å². The van der Waals surface area contributed by atoms with Gasteiger partial charge in [-0.05, 0) is 42.7 Å². The number of hydrogen-bond donors (Lipinski definition) is 2. The minimum absolute atomic E-state index is 0.454. The van der Waals surface area contributed by atoms with Crippen LogP contribution in [0.2, 0.25) is 0 Å². The highest BCUT2D eigenvalue weighted by Gasteiger charge is 2.20. The monoisotopic (exact) mass is 358 g/mol. The lowest BCUT2D eigenvalue weighted by molar-refractivity contribution is 0.484. The first-order chi connectivity index (χ1) is 12.0. The lowest BCUT2D eigenvalue weighted by Crippen LogP contribution is -2.13. The van der Waals surface area contributed by atoms with Gasteiger partial charge in [0, 0.05) is 17.8 Å². The molecule has 0 atom stereocenters. The standard InChI is InChI=1S/C19H22N2O3S/c1-3-11-20-17-10-9-14-12-18(21-25(2,22)23)19(13-16(14)17)24-15-7-5-4-6-8-15/h4-8,10,12-13,20-21H,3,9,11H2,1-2H3. The average molecular weight is 358 g/mol. The Morgan fingerprint density at radius 2 is 1.92 bits per heavy atom. The highest BCUT2D eigenvalue weighted by molar-refractivity contribution is 7.92. The fourth-order valence-electron chi connectivity index (χ4n) is 2.77. The third kappa shape index (κ3) is 4.33. The molecule has 0 unspecified atom stereocenters. The molecule has 25 heavy (non-hydrogen) atoms. The van der Waals surface area contributed by atoms with E-state index in [0.29, 0.717) is 17.2 Å². The van der Waals surface area contributed by atoms with E-state index < -0.39 is 10.0 Å². The Hall–Kier alpha value is -2.47. The van der Waals surface area contributed by atoms with Crippen molar-refractivity contribution < 1.29 is 13.2 Å². The number of ether oxygens (including phenoxy) is 1. The van der Waals surface area contributed by atoms with E-state index in [1.165, 1.54) is 0 Å². The molecule has 2 N–H and O–H groups in total. The van der Waals surface area contributed by atoms with E-state index in [-0.39, 0.29) is 0 Å². The minimum atomic E-state index is -3.40. The molecule has 3 rings (SSSR count). The number of rotatable bonds is 7. The van der Waals surface area contributed by atoms with Crippen LogP contribution in [-0.2, 0) is 16.4 Å². The predicted octanol–water partition coefficient (Wildman–Crippen LogP) is 3.75. The molecule has 0 spiro atoms. The molecular weight excluding hydrogens is 336 g/mol. The lowest BCUT2D eigenvalue weighted by atomic mass is 10.1. The Morgan fingerprint density at radius 3 is 2.60 bits per heavy atom. The number of fused-ring (bicyclic) bond motifs is 1. The molecule has 0 bridgehead atoms. The van der Waals surface area contributed by atoms with Gasteiger partial charge in [0.2, 0.25) is 10.0 Å². The number of hydrogen-bond acceptors (Lipinski definition) is 4. The molecule has 0 heterocycles. The predicted molar refractivity (Wildman–Crippen MR) is 101 cm³/mol. The van der Waals surface area contributed by atoms with Crippen LogP contribution in [0.1, 0.15) is 24.5 Å². The number of para-hydroxylation sites is 1. The topological polar surface area (TPSA) is 67.4 Å². The van der Waals surface area contributed by atoms with Crippen molar-refractivity contribution in [1.29, 1.82) is 0 Å². The van der Waals surface area contributed by atoms with Crippen molar-refractivity contribution in [3.8, 4) is 11.5 Å². The van der Waals surface area contributed by atoms with Crippen molar-refractivity contribution in [2.45, 2.75) is 19.8 Å². The van der Waals surface area contributed by atoms with Crippen LogP contribution in [0.15, 0.2) is 48.5 Å². The first kappa shape index (κ1) is 17.4. The van der Waals surface area contributed by atoms with Gasteiger partial charge in [0.05, 0.1) is 11.9 Å². The summed E-state index contributed by atoms with van der Waals surface area (Å²) >= 11 is 0. The van der Waals surface area contributed by atoms with Gasteiger partial charge in [-0.25, -0.2) is 8.42 Å². The van der Waals surface area contributed by atoms with Crippen molar-refractivity contribution in [3.63, 3.8) is 0 Å². The molecule has 0 amide bonds. The summed E-state index contributed by atoms with van der Waals surface area (Å²) in [5, 5.41) is 3.41. The van der Waals surface area contributed by atoms with Crippen LogP contribution >= 0.6 is 0 Å². The van der Waals surface area contributed by atoms with Crippen molar-refractivity contribution in [2.24, 2.45) is 0 Å². The molecule has 5 nitrogen and oxygen atoms in total. The van der Waals surface area contributed by atoms with Gasteiger partial charge >= 0.3 is 0 Å². The summed E-state index contributed by atoms with van der Waals surface area (Å²) in [5.41, 5.74) is 3.65. The van der Waals surface area contributed by atoms with E-state index in [1.807, 2.05) is 42.5 Å². The van der Waals surface area contributed by atoms with Crippen LogP contribution in [0, 0.1) is 0 Å². The number of benzene rings is 2. The van der Waals surface area contributed by atoms with Crippen LogP contribution in [-0.4, -0.2) is 21.2 Å². The molecule has 132 valence electrons. The van der Waals surface area contributed by atoms with E-state index in [0.717, 1.165) is 42.5 Å². The number of sulfonamides is 1. The van der Waals surface area contributed by atoms with Crippen LogP contribution < -0.4 is 14.8 Å². The molecule has 0 fully saturated rings. The quantitative estimate of drug-likeness (QED) is 0.791. The normalized spacial score (nSPS) is 13.1. The van der Waals surface area contributed by atoms with Gasteiger partial charge in [0.25, 0.3) is 0 Å². The highest BCUT2D eigenvalue weighted by atomic mass is 32.2. The molecule has 1 aliphatic rings. The van der Waals surface area contributed by atoms with Gasteiger partial charge < -0.3 is 10.1 Å². The average Bonchev–Trinajstić information content (AvgIpc) is 2.94. The van der Waals surface area contributed by atoms with Gasteiger partial charge in [0.15, 0.2) is 5.75 Å². The first-order valence-electron chi connectivity index (χ1n) is 8.28. The van der Waals surface area contributed by atoms with E-state index in [2.05, 4.69) is 23.0 Å². The maximum Gasteiger partial charge on any atom is 0.229 e. The van der Waals surface area contributed by atoms with Crippen molar-refractivity contribution in [1.82, 2.24) is 5.32 Å². The van der Waals surface area contributed by atoms with Gasteiger partial charge in [0.1, 0.15) is 5.75 Å². The second kappa shape index (κ2) is 7.19. The zero-order valence-corrected chi connectivity index (χ0v) is 15.2. The summed E-state index contributed by atoms with van der Waals surface area (Å²) in [6.45, 7) is 3.01. The second-order valence-corrected chi connectivity index (χ2v) is 7.79. The summed E-state index contributed by atoms with van der Waals surface area (Å²) in [6.07, 6.45) is 5.06. The van der Waals surface area contributed by atoms with E-state index in [4.69, 9.17) is 4.74 Å². The Bertz CT molecular complexity index is 890. The van der Waals surface area contributed by atoms with Crippen LogP contribution in [0.5, 0.6) is 11.5 Å². The molecule has 0 saturated heterocycles. The number of allylic oxidation sites excluding steroid dienone is 1. The second-order valence-electron chi connectivity index (χ2n) is 6.04. The molecule has 0 radical (unpaired) electrons. The molecular formula is C19H22N2O3S. The molecule has 0 aromatic heterocycles. The Kier molecular flexibility index (Phi) is 4.99. The number of anilines is 1. The fraction of sp³-hybridized carbons (Fsp3) is 0.263. The van der Waals surface area contributed by atoms with Gasteiger partial charge in [-0.1, -0.05) is 31.2 Å². The smallest absolute Gasteiger partial charge is 0.229 e. The van der Waals surface area contributed by atoms with Crippen LogP contribution in [0.25, 0.3) is 5.70 Å². The van der Waals surface area contributed by atoms with Gasteiger partial charge in [-0.3, -0.25) is 4.72 Å². The van der Waals surface area contributed by atoms with Crippen molar-refractivity contribution in [2.75, 3.05) is 17.5 Å². The minimum Gasteiger partial charge on any atom is -0.455 e. The summed E-state index contributed by atoms with van der Waals surface area (Å²) in [4.78, 5) is 0. The van der Waals surface area contributed by atoms with Gasteiger partial charge in [-0.2, -0.15) is 0 Å². The lowest BCUT2D eigenvalue weighted by Gasteiger charge is -2.16. The van der Waals surface area contributed by atoms with E-state index >= 15 is 0 Å². The molecule has 6 heteroatoms. The Morgan fingerprint density at radius 1 is 1.16 bits per heavy atom. The maximum absolute atomic E-state index is 11.7. The van der Waals surface area contributed by atoms with E-state index in [1.54, 1.807) is 0 Å². The third-order valence-electron chi connectivity index (χ3n) is 3.85. The number of nitrogens with one attached hydrogen (secondary N) is 2. The highest BCUT2D eigenvalue weighted by Crippen LogP contribution is 2.37. The zero-order valence-electron chi connectivity index (χ0n) is 14.4. The fourth-order valence-corrected chi connectivity index (χ4v) is 3.33. The zero-order chi connectivity index (χ0) is 17.9. The van der Waals surface area contributed by atoms with Crippen LogP contribution in [0.4, 0.5) is 5.69 Å². The van der Waals surface area contributed by atoms with E-state index in [9.17, 15) is 8.42 Å². The Balaban J connectivity index is 1.99. The van der Waals surface area contributed by atoms with Crippen molar-refractivity contribution in [3.05, 3.63) is 59.7 Å². The Labute approximate surface area is 148 Å². The largest absolute Gasteiger partial charge is 0.455 e. The third-order valence-corrected chi connectivity index (χ3v) is 4.44. The summed E-state index contributed by atoms with van der Waals surface area (Å²) in [5.74, 6) is 1.14. The molecule has 2 aromatic rings. The molecule has 0 aliphatic heterocycles. The summed E-state index contributed by atoms with van der Waals surface area (Å²) in [6, 6.07) is 13.1. The summed E-state index contributed by atoms with van der Waals surface area (Å²) in [7, 11) is -3.40. The molecule has 0 saturated carbocycles. The van der Waals surface area contributed by atoms with Crippen LogP contribution in [0.3, 0.4) is 0 Å². The van der Waals surface area contributed by atoms with Crippen molar-refractivity contribution >= 4 is 21.4 Å². The summed E-state index contributed by atoms with van der Waals surface area (Å²) < 4.78 is 32.0. The SMILES string of the molecule is CCCNC1=CCc2cc(NS(C)(=O)=O)c(Oc3ccccc3)cc21.